The zero-order valence-electron chi connectivity index (χ0n) is 14.2. The Kier molecular flexibility index (Phi) is 5.49. The van der Waals surface area contributed by atoms with Crippen LogP contribution in [0.1, 0.15) is 30.4 Å². The van der Waals surface area contributed by atoms with E-state index in [-0.39, 0.29) is 17.7 Å². The number of benzene rings is 2. The first-order valence-electron chi connectivity index (χ1n) is 8.73. The fraction of sp³-hybridized carbons (Fsp3) is 0.333. The van der Waals surface area contributed by atoms with Crippen LogP contribution in [-0.2, 0) is 22.7 Å². The minimum atomic E-state index is -0.784. The molecule has 3 rings (SSSR count). The van der Waals surface area contributed by atoms with Crippen molar-refractivity contribution in [2.24, 2.45) is 11.8 Å². The first-order chi connectivity index (χ1) is 12.1. The maximum atomic E-state index is 13.1. The van der Waals surface area contributed by atoms with Crippen molar-refractivity contribution in [1.82, 2.24) is 4.90 Å². The van der Waals surface area contributed by atoms with Gasteiger partial charge in [-0.2, -0.15) is 0 Å². The Morgan fingerprint density at radius 2 is 1.32 bits per heavy atom. The van der Waals surface area contributed by atoms with Crippen molar-refractivity contribution in [3.05, 3.63) is 71.8 Å². The highest BCUT2D eigenvalue weighted by molar-refractivity contribution is 5.81. The molecule has 1 amide bonds. The second kappa shape index (κ2) is 7.97. The lowest BCUT2D eigenvalue weighted by molar-refractivity contribution is -0.141. The van der Waals surface area contributed by atoms with Crippen LogP contribution in [0.2, 0.25) is 0 Å². The van der Waals surface area contributed by atoms with Crippen LogP contribution in [0, 0.1) is 11.8 Å². The van der Waals surface area contributed by atoms with Gasteiger partial charge in [0.2, 0.25) is 5.91 Å². The Morgan fingerprint density at radius 1 is 0.840 bits per heavy atom. The fourth-order valence-electron chi connectivity index (χ4n) is 3.51. The third kappa shape index (κ3) is 4.47. The zero-order chi connectivity index (χ0) is 17.6. The van der Waals surface area contributed by atoms with Crippen molar-refractivity contribution in [2.75, 3.05) is 0 Å². The summed E-state index contributed by atoms with van der Waals surface area (Å²) < 4.78 is 0. The minimum Gasteiger partial charge on any atom is -0.481 e. The van der Waals surface area contributed by atoms with Crippen LogP contribution in [0.25, 0.3) is 0 Å². The number of amides is 1. The largest absolute Gasteiger partial charge is 0.481 e. The monoisotopic (exact) mass is 337 g/mol. The van der Waals surface area contributed by atoms with Gasteiger partial charge in [0.15, 0.2) is 0 Å². The molecule has 0 radical (unpaired) electrons. The van der Waals surface area contributed by atoms with Crippen LogP contribution in [0.5, 0.6) is 0 Å². The van der Waals surface area contributed by atoms with E-state index in [2.05, 4.69) is 0 Å². The molecule has 1 aliphatic carbocycles. The summed E-state index contributed by atoms with van der Waals surface area (Å²) in [7, 11) is 0. The van der Waals surface area contributed by atoms with Gasteiger partial charge in [0, 0.05) is 19.0 Å². The van der Waals surface area contributed by atoms with Crippen LogP contribution in [0.4, 0.5) is 0 Å². The molecule has 1 saturated carbocycles. The number of carbonyl (C=O) groups is 2. The summed E-state index contributed by atoms with van der Waals surface area (Å²) in [5.74, 6) is -1.29. The summed E-state index contributed by atoms with van der Waals surface area (Å²) >= 11 is 0. The molecule has 25 heavy (non-hydrogen) atoms. The van der Waals surface area contributed by atoms with Gasteiger partial charge in [0.05, 0.1) is 5.92 Å². The Balaban J connectivity index is 1.75. The van der Waals surface area contributed by atoms with Crippen molar-refractivity contribution < 1.29 is 14.7 Å². The van der Waals surface area contributed by atoms with Crippen molar-refractivity contribution in [3.63, 3.8) is 0 Å². The normalized spacial score (nSPS) is 19.5. The van der Waals surface area contributed by atoms with Gasteiger partial charge in [0.1, 0.15) is 0 Å². The number of carbonyl (C=O) groups excluding carboxylic acids is 1. The molecular formula is C21H23NO3. The molecule has 1 N–H and O–H groups in total. The lowest BCUT2D eigenvalue weighted by Crippen LogP contribution is -2.34. The summed E-state index contributed by atoms with van der Waals surface area (Å²) in [6.45, 7) is 1.09. The van der Waals surface area contributed by atoms with Crippen LogP contribution < -0.4 is 0 Å². The number of hydrogen-bond acceptors (Lipinski definition) is 2. The number of carboxylic acids is 1. The van der Waals surface area contributed by atoms with E-state index in [0.29, 0.717) is 32.4 Å². The Bertz CT molecular complexity index is 673. The van der Waals surface area contributed by atoms with E-state index >= 15 is 0 Å². The number of nitrogens with zero attached hydrogens (tertiary/aromatic N) is 1. The Morgan fingerprint density at radius 3 is 1.76 bits per heavy atom. The minimum absolute atomic E-state index is 0.0662. The Labute approximate surface area is 148 Å². The standard InChI is InChI=1S/C21H23NO3/c23-20(18-11-12-19(13-18)21(24)25)22(14-16-7-3-1-4-8-16)15-17-9-5-2-6-10-17/h1-10,18-19H,11-15H2,(H,24,25)/t18-,19+/m0/s1. The van der Waals surface area contributed by atoms with Crippen molar-refractivity contribution in [3.8, 4) is 0 Å². The second-order valence-corrected chi connectivity index (χ2v) is 6.71. The van der Waals surface area contributed by atoms with E-state index in [1.165, 1.54) is 0 Å². The van der Waals surface area contributed by atoms with Gasteiger partial charge >= 0.3 is 5.97 Å². The maximum Gasteiger partial charge on any atom is 0.306 e. The predicted octanol–water partition coefficient (Wildman–Crippen LogP) is 3.72. The van der Waals surface area contributed by atoms with Crippen LogP contribution >= 0.6 is 0 Å². The van der Waals surface area contributed by atoms with E-state index in [4.69, 9.17) is 0 Å². The molecular weight excluding hydrogens is 314 g/mol. The highest BCUT2D eigenvalue weighted by Gasteiger charge is 2.35. The van der Waals surface area contributed by atoms with E-state index in [1.54, 1.807) is 0 Å². The van der Waals surface area contributed by atoms with E-state index in [9.17, 15) is 14.7 Å². The molecule has 4 nitrogen and oxygen atoms in total. The highest BCUT2D eigenvalue weighted by atomic mass is 16.4. The number of carboxylic acid groups (broad SMARTS) is 1. The number of aliphatic carboxylic acids is 1. The van der Waals surface area contributed by atoms with Gasteiger partial charge in [-0.25, -0.2) is 0 Å². The van der Waals surface area contributed by atoms with E-state index in [0.717, 1.165) is 11.1 Å². The average molecular weight is 337 g/mol. The van der Waals surface area contributed by atoms with Crippen molar-refractivity contribution in [1.29, 1.82) is 0 Å². The summed E-state index contributed by atoms with van der Waals surface area (Å²) in [6, 6.07) is 19.8. The molecule has 0 spiro atoms. The van der Waals surface area contributed by atoms with Crippen LogP contribution in [-0.4, -0.2) is 21.9 Å². The molecule has 4 heteroatoms. The molecule has 0 saturated heterocycles. The van der Waals surface area contributed by atoms with E-state index in [1.807, 2.05) is 65.6 Å². The topological polar surface area (TPSA) is 57.6 Å². The first-order valence-corrected chi connectivity index (χ1v) is 8.73. The van der Waals surface area contributed by atoms with Gasteiger partial charge in [-0.1, -0.05) is 60.7 Å². The molecule has 0 heterocycles. The number of hydrogen-bond donors (Lipinski definition) is 1. The fourth-order valence-corrected chi connectivity index (χ4v) is 3.51. The summed E-state index contributed by atoms with van der Waals surface area (Å²) in [6.07, 6.45) is 1.71. The quantitative estimate of drug-likeness (QED) is 0.874. The molecule has 1 fully saturated rings. The maximum absolute atomic E-state index is 13.1. The second-order valence-electron chi connectivity index (χ2n) is 6.71. The molecule has 2 aromatic rings. The van der Waals surface area contributed by atoms with Crippen molar-refractivity contribution in [2.45, 2.75) is 32.4 Å². The molecule has 130 valence electrons. The molecule has 1 aliphatic rings. The van der Waals surface area contributed by atoms with E-state index < -0.39 is 5.97 Å². The summed E-state index contributed by atoms with van der Waals surface area (Å²) in [5, 5.41) is 9.20. The average Bonchev–Trinajstić information content (AvgIpc) is 3.13. The summed E-state index contributed by atoms with van der Waals surface area (Å²) in [4.78, 5) is 26.1. The van der Waals surface area contributed by atoms with Gasteiger partial charge in [-0.15, -0.1) is 0 Å². The molecule has 0 bridgehead atoms. The van der Waals surface area contributed by atoms with Gasteiger partial charge in [0.25, 0.3) is 0 Å². The SMILES string of the molecule is O=C(O)[C@@H]1CC[C@H](C(=O)N(Cc2ccccc2)Cc2ccccc2)C1. The highest BCUT2D eigenvalue weighted by Crippen LogP contribution is 2.33. The first kappa shape index (κ1) is 17.2. The Hall–Kier alpha value is -2.62. The molecule has 0 aliphatic heterocycles. The number of rotatable bonds is 6. The zero-order valence-corrected chi connectivity index (χ0v) is 14.2. The van der Waals surface area contributed by atoms with Crippen LogP contribution in [0.15, 0.2) is 60.7 Å². The third-order valence-corrected chi connectivity index (χ3v) is 4.88. The van der Waals surface area contributed by atoms with Gasteiger partial charge < -0.3 is 10.0 Å². The molecule has 2 atom stereocenters. The van der Waals surface area contributed by atoms with Crippen LogP contribution in [0.3, 0.4) is 0 Å². The summed E-state index contributed by atoms with van der Waals surface area (Å²) in [5.41, 5.74) is 2.17. The lowest BCUT2D eigenvalue weighted by Gasteiger charge is -2.26. The predicted molar refractivity (Wildman–Crippen MR) is 95.6 cm³/mol. The smallest absolute Gasteiger partial charge is 0.306 e. The van der Waals surface area contributed by atoms with Gasteiger partial charge in [-0.3, -0.25) is 9.59 Å². The van der Waals surface area contributed by atoms with Gasteiger partial charge in [-0.05, 0) is 30.4 Å². The van der Waals surface area contributed by atoms with Crippen molar-refractivity contribution >= 4 is 11.9 Å². The lowest BCUT2D eigenvalue weighted by atomic mass is 10.0. The molecule has 0 unspecified atom stereocenters. The molecule has 2 aromatic carbocycles. The third-order valence-electron chi connectivity index (χ3n) is 4.88. The molecule has 0 aromatic heterocycles.